The maximum Gasteiger partial charge on any atom is 0.0589 e. The van der Waals surface area contributed by atoms with E-state index in [0.29, 0.717) is 13.2 Å². The van der Waals surface area contributed by atoms with Crippen LogP contribution in [0.1, 0.15) is 5.56 Å². The molecule has 0 bridgehead atoms. The van der Waals surface area contributed by atoms with Crippen molar-refractivity contribution in [3.8, 4) is 0 Å². The first-order valence-corrected chi connectivity index (χ1v) is 6.87. The predicted octanol–water partition coefficient (Wildman–Crippen LogP) is 2.66. The van der Waals surface area contributed by atoms with Gasteiger partial charge in [0.25, 0.3) is 0 Å². The number of hydrogen-bond donors (Lipinski definition) is 1. The van der Waals surface area contributed by atoms with Crippen molar-refractivity contribution in [2.24, 2.45) is 5.73 Å². The number of thioether (sulfide) groups is 1. The minimum absolute atomic E-state index is 0.609. The van der Waals surface area contributed by atoms with Crippen LogP contribution in [0.3, 0.4) is 0 Å². The highest BCUT2D eigenvalue weighted by Crippen LogP contribution is 2.15. The third-order valence-electron chi connectivity index (χ3n) is 1.82. The number of ether oxygens (including phenoxy) is 1. The number of benzene rings is 1. The molecule has 0 heterocycles. The molecule has 1 rings (SSSR count). The average Bonchev–Trinajstić information content (AvgIpc) is 2.26. The molecule has 15 heavy (non-hydrogen) atoms. The largest absolute Gasteiger partial charge is 0.379 e. The number of nitrogens with two attached hydrogens (primary N) is 1. The van der Waals surface area contributed by atoms with Crippen molar-refractivity contribution >= 4 is 27.7 Å². The summed E-state index contributed by atoms with van der Waals surface area (Å²) in [7, 11) is 0. The molecule has 0 saturated carbocycles. The highest BCUT2D eigenvalue weighted by molar-refractivity contribution is 9.10. The Hall–Kier alpha value is -0.0300. The number of rotatable bonds is 7. The minimum atomic E-state index is 0.609. The monoisotopic (exact) mass is 289 g/mol. The maximum atomic E-state index is 5.31. The standard InChI is InChI=1S/C11H16BrNOS/c12-11-3-1-10(2-4-11)9-15-8-7-14-6-5-13/h1-4H,5-9,13H2. The molecule has 2 nitrogen and oxygen atoms in total. The van der Waals surface area contributed by atoms with E-state index in [1.54, 1.807) is 0 Å². The Labute approximate surface area is 104 Å². The van der Waals surface area contributed by atoms with Crippen molar-refractivity contribution in [2.45, 2.75) is 5.75 Å². The van der Waals surface area contributed by atoms with Crippen molar-refractivity contribution in [3.05, 3.63) is 34.3 Å². The van der Waals surface area contributed by atoms with Crippen LogP contribution in [0.25, 0.3) is 0 Å². The van der Waals surface area contributed by atoms with Crippen LogP contribution in [0.5, 0.6) is 0 Å². The molecule has 0 aromatic heterocycles. The Kier molecular flexibility index (Phi) is 7.09. The number of hydrogen-bond acceptors (Lipinski definition) is 3. The molecule has 0 spiro atoms. The van der Waals surface area contributed by atoms with E-state index in [1.807, 2.05) is 11.8 Å². The van der Waals surface area contributed by atoms with Crippen molar-refractivity contribution < 1.29 is 4.74 Å². The molecule has 84 valence electrons. The summed E-state index contributed by atoms with van der Waals surface area (Å²) >= 11 is 5.30. The summed E-state index contributed by atoms with van der Waals surface area (Å²) in [5, 5.41) is 0. The van der Waals surface area contributed by atoms with E-state index in [1.165, 1.54) is 5.56 Å². The first-order valence-electron chi connectivity index (χ1n) is 4.93. The average molecular weight is 290 g/mol. The molecule has 2 N–H and O–H groups in total. The Morgan fingerprint density at radius 3 is 2.60 bits per heavy atom. The summed E-state index contributed by atoms with van der Waals surface area (Å²) in [6.07, 6.45) is 0. The van der Waals surface area contributed by atoms with Gasteiger partial charge in [0.05, 0.1) is 13.2 Å². The first kappa shape index (κ1) is 13.0. The summed E-state index contributed by atoms with van der Waals surface area (Å²) in [6.45, 7) is 2.06. The molecule has 4 heteroatoms. The molecule has 0 atom stereocenters. The third kappa shape index (κ3) is 6.20. The van der Waals surface area contributed by atoms with Gasteiger partial charge in [0.15, 0.2) is 0 Å². The van der Waals surface area contributed by atoms with Gasteiger partial charge in [-0.3, -0.25) is 0 Å². The molecule has 0 radical (unpaired) electrons. The van der Waals surface area contributed by atoms with Crippen LogP contribution in [0, 0.1) is 0 Å². The van der Waals surface area contributed by atoms with Crippen LogP contribution in [-0.4, -0.2) is 25.5 Å². The lowest BCUT2D eigenvalue weighted by molar-refractivity contribution is 0.158. The molecule has 0 unspecified atom stereocenters. The summed E-state index contributed by atoms with van der Waals surface area (Å²) < 4.78 is 6.41. The fraction of sp³-hybridized carbons (Fsp3) is 0.455. The quantitative estimate of drug-likeness (QED) is 0.784. The van der Waals surface area contributed by atoms with Gasteiger partial charge in [-0.25, -0.2) is 0 Å². The molecule has 1 aromatic carbocycles. The fourth-order valence-electron chi connectivity index (χ4n) is 1.07. The van der Waals surface area contributed by atoms with Gasteiger partial charge in [-0.2, -0.15) is 11.8 Å². The third-order valence-corrected chi connectivity index (χ3v) is 3.34. The van der Waals surface area contributed by atoms with E-state index in [2.05, 4.69) is 40.2 Å². The van der Waals surface area contributed by atoms with Crippen molar-refractivity contribution in [1.82, 2.24) is 0 Å². The second-order valence-corrected chi connectivity index (χ2v) is 5.10. The Morgan fingerprint density at radius 2 is 1.93 bits per heavy atom. The molecule has 1 aromatic rings. The van der Waals surface area contributed by atoms with E-state index >= 15 is 0 Å². The number of halogens is 1. The van der Waals surface area contributed by atoms with Gasteiger partial charge in [0.2, 0.25) is 0 Å². The lowest BCUT2D eigenvalue weighted by Crippen LogP contribution is -2.09. The van der Waals surface area contributed by atoms with Gasteiger partial charge < -0.3 is 10.5 Å². The molecule has 0 aliphatic rings. The van der Waals surface area contributed by atoms with E-state index in [-0.39, 0.29) is 0 Å². The van der Waals surface area contributed by atoms with Crippen LogP contribution < -0.4 is 5.73 Å². The Morgan fingerprint density at radius 1 is 1.20 bits per heavy atom. The van der Waals surface area contributed by atoms with E-state index in [9.17, 15) is 0 Å². The first-order chi connectivity index (χ1) is 7.33. The zero-order valence-electron chi connectivity index (χ0n) is 8.62. The van der Waals surface area contributed by atoms with Crippen LogP contribution in [0.2, 0.25) is 0 Å². The second kappa shape index (κ2) is 8.16. The topological polar surface area (TPSA) is 35.2 Å². The van der Waals surface area contributed by atoms with Crippen LogP contribution in [-0.2, 0) is 10.5 Å². The van der Waals surface area contributed by atoms with E-state index in [4.69, 9.17) is 10.5 Å². The van der Waals surface area contributed by atoms with Crippen molar-refractivity contribution in [2.75, 3.05) is 25.5 Å². The zero-order valence-corrected chi connectivity index (χ0v) is 11.0. The maximum absolute atomic E-state index is 5.31. The van der Waals surface area contributed by atoms with Gasteiger partial charge in [-0.1, -0.05) is 28.1 Å². The Bertz CT molecular complexity index is 266. The summed E-state index contributed by atoms with van der Waals surface area (Å²) in [4.78, 5) is 0. The van der Waals surface area contributed by atoms with E-state index < -0.39 is 0 Å². The lowest BCUT2D eigenvalue weighted by Gasteiger charge is -2.03. The van der Waals surface area contributed by atoms with Crippen molar-refractivity contribution in [1.29, 1.82) is 0 Å². The van der Waals surface area contributed by atoms with Gasteiger partial charge >= 0.3 is 0 Å². The molecule has 0 fully saturated rings. The molecule has 0 aliphatic carbocycles. The van der Waals surface area contributed by atoms with Crippen LogP contribution in [0.4, 0.5) is 0 Å². The highest BCUT2D eigenvalue weighted by atomic mass is 79.9. The van der Waals surface area contributed by atoms with Gasteiger partial charge in [-0.15, -0.1) is 0 Å². The minimum Gasteiger partial charge on any atom is -0.379 e. The highest BCUT2D eigenvalue weighted by Gasteiger charge is 1.94. The van der Waals surface area contributed by atoms with E-state index in [0.717, 1.165) is 22.6 Å². The zero-order chi connectivity index (χ0) is 10.9. The molecular formula is C11H16BrNOS. The molecule has 0 saturated heterocycles. The van der Waals surface area contributed by atoms with Gasteiger partial charge in [-0.05, 0) is 17.7 Å². The predicted molar refractivity (Wildman–Crippen MR) is 70.2 cm³/mol. The molecule has 0 amide bonds. The fourth-order valence-corrected chi connectivity index (χ4v) is 2.15. The van der Waals surface area contributed by atoms with Gasteiger partial charge in [0, 0.05) is 22.5 Å². The van der Waals surface area contributed by atoms with Crippen LogP contribution >= 0.6 is 27.7 Å². The molecular weight excluding hydrogens is 274 g/mol. The smallest absolute Gasteiger partial charge is 0.0589 e. The SMILES string of the molecule is NCCOCCSCc1ccc(Br)cc1. The molecule has 0 aliphatic heterocycles. The Balaban J connectivity index is 2.07. The summed E-state index contributed by atoms with van der Waals surface area (Å²) in [6, 6.07) is 8.41. The normalized spacial score (nSPS) is 10.5. The summed E-state index contributed by atoms with van der Waals surface area (Å²) in [5.74, 6) is 2.06. The van der Waals surface area contributed by atoms with Crippen LogP contribution in [0.15, 0.2) is 28.7 Å². The summed E-state index contributed by atoms with van der Waals surface area (Å²) in [5.41, 5.74) is 6.66. The lowest BCUT2D eigenvalue weighted by atomic mass is 10.2. The second-order valence-electron chi connectivity index (χ2n) is 3.08. The van der Waals surface area contributed by atoms with Crippen molar-refractivity contribution in [3.63, 3.8) is 0 Å². The van der Waals surface area contributed by atoms with Gasteiger partial charge in [0.1, 0.15) is 0 Å².